The van der Waals surface area contributed by atoms with Crippen molar-refractivity contribution in [2.45, 2.75) is 45.2 Å². The molecule has 5 heteroatoms. The molecule has 0 saturated carbocycles. The molecule has 2 saturated heterocycles. The Morgan fingerprint density at radius 1 is 1.45 bits per heavy atom. The molecule has 2 fully saturated rings. The molecule has 0 aliphatic carbocycles. The highest BCUT2D eigenvalue weighted by molar-refractivity contribution is 7.99. The summed E-state index contributed by atoms with van der Waals surface area (Å²) in [4.78, 5) is 14.5. The molecule has 2 aliphatic heterocycles. The Hall–Kier alpha value is -0.260. The molecule has 2 N–H and O–H groups in total. The van der Waals surface area contributed by atoms with Crippen LogP contribution in [-0.4, -0.2) is 60.6 Å². The van der Waals surface area contributed by atoms with Crippen LogP contribution in [0.1, 0.15) is 33.1 Å². The number of nitrogens with one attached hydrogen (secondary N) is 2. The van der Waals surface area contributed by atoms with E-state index in [-0.39, 0.29) is 5.91 Å². The van der Waals surface area contributed by atoms with Crippen LogP contribution in [0, 0.1) is 5.92 Å². The van der Waals surface area contributed by atoms with E-state index >= 15 is 0 Å². The van der Waals surface area contributed by atoms with Gasteiger partial charge in [-0.25, -0.2) is 0 Å². The Kier molecular flexibility index (Phi) is 6.65. The normalized spacial score (nSPS) is 27.2. The van der Waals surface area contributed by atoms with Crippen LogP contribution in [0.5, 0.6) is 0 Å². The number of hydrogen-bond acceptors (Lipinski definition) is 4. The molecule has 4 nitrogen and oxygen atoms in total. The lowest BCUT2D eigenvalue weighted by atomic mass is 9.98. The molecule has 2 rings (SSSR count). The second-order valence-electron chi connectivity index (χ2n) is 6.30. The standard InChI is InChI=1S/C15H29N3OS/c1-12-3-6-18(7-4-12)13(2)10-17-15(19)9-14-11-20-8-5-16-14/h12-14,16H,3-11H2,1-2H3,(H,17,19). The molecule has 2 atom stereocenters. The van der Waals surface area contributed by atoms with E-state index < -0.39 is 0 Å². The maximum Gasteiger partial charge on any atom is 0.221 e. The number of likely N-dealkylation sites (tertiary alicyclic amines) is 1. The zero-order chi connectivity index (χ0) is 14.4. The maximum absolute atomic E-state index is 12.0. The highest BCUT2D eigenvalue weighted by Crippen LogP contribution is 2.17. The molecule has 2 unspecified atom stereocenters. The van der Waals surface area contributed by atoms with Gasteiger partial charge in [0.15, 0.2) is 0 Å². The minimum absolute atomic E-state index is 0.197. The highest BCUT2D eigenvalue weighted by Gasteiger charge is 2.21. The van der Waals surface area contributed by atoms with Gasteiger partial charge in [-0.05, 0) is 38.8 Å². The van der Waals surface area contributed by atoms with Gasteiger partial charge in [0.1, 0.15) is 0 Å². The van der Waals surface area contributed by atoms with Crippen LogP contribution in [0.4, 0.5) is 0 Å². The Labute approximate surface area is 127 Å². The molecule has 0 spiro atoms. The van der Waals surface area contributed by atoms with E-state index in [9.17, 15) is 4.79 Å². The summed E-state index contributed by atoms with van der Waals surface area (Å²) in [7, 11) is 0. The van der Waals surface area contributed by atoms with Crippen molar-refractivity contribution in [2.24, 2.45) is 5.92 Å². The average Bonchev–Trinajstić information content (AvgIpc) is 2.46. The van der Waals surface area contributed by atoms with Crippen molar-refractivity contribution in [3.8, 4) is 0 Å². The van der Waals surface area contributed by atoms with Gasteiger partial charge in [-0.1, -0.05) is 6.92 Å². The fraction of sp³-hybridized carbons (Fsp3) is 0.933. The quantitative estimate of drug-likeness (QED) is 0.804. The van der Waals surface area contributed by atoms with Gasteiger partial charge in [0.05, 0.1) is 0 Å². The van der Waals surface area contributed by atoms with Gasteiger partial charge in [0.25, 0.3) is 0 Å². The van der Waals surface area contributed by atoms with Crippen LogP contribution >= 0.6 is 11.8 Å². The SMILES string of the molecule is CC1CCN(C(C)CNC(=O)CC2CSCCN2)CC1. The monoisotopic (exact) mass is 299 g/mol. The zero-order valence-electron chi connectivity index (χ0n) is 12.9. The van der Waals surface area contributed by atoms with E-state index in [1.54, 1.807) is 0 Å². The number of amides is 1. The second-order valence-corrected chi connectivity index (χ2v) is 7.45. The number of piperidine rings is 1. The van der Waals surface area contributed by atoms with Crippen LogP contribution in [-0.2, 0) is 4.79 Å². The number of thioether (sulfide) groups is 1. The predicted octanol–water partition coefficient (Wildman–Crippen LogP) is 1.32. The molecule has 0 aromatic rings. The lowest BCUT2D eigenvalue weighted by Gasteiger charge is -2.35. The smallest absolute Gasteiger partial charge is 0.221 e. The fourth-order valence-corrected chi connectivity index (χ4v) is 3.86. The largest absolute Gasteiger partial charge is 0.354 e. The minimum atomic E-state index is 0.197. The molecule has 0 bridgehead atoms. The third-order valence-electron chi connectivity index (χ3n) is 4.47. The molecule has 0 aromatic heterocycles. The van der Waals surface area contributed by atoms with Crippen LogP contribution in [0.15, 0.2) is 0 Å². The summed E-state index contributed by atoms with van der Waals surface area (Å²) >= 11 is 1.94. The minimum Gasteiger partial charge on any atom is -0.354 e. The number of rotatable bonds is 5. The molecule has 2 heterocycles. The predicted molar refractivity (Wildman–Crippen MR) is 86.2 cm³/mol. The summed E-state index contributed by atoms with van der Waals surface area (Å²) in [6.45, 7) is 8.74. The van der Waals surface area contributed by atoms with E-state index in [1.807, 2.05) is 11.8 Å². The molecule has 0 aromatic carbocycles. The van der Waals surface area contributed by atoms with Crippen LogP contribution < -0.4 is 10.6 Å². The van der Waals surface area contributed by atoms with Crippen LogP contribution in [0.3, 0.4) is 0 Å². The Morgan fingerprint density at radius 3 is 2.85 bits per heavy atom. The third kappa shape index (κ3) is 5.26. The summed E-state index contributed by atoms with van der Waals surface area (Å²) in [5, 5.41) is 6.52. The van der Waals surface area contributed by atoms with Crippen molar-refractivity contribution in [3.05, 3.63) is 0 Å². The maximum atomic E-state index is 12.0. The van der Waals surface area contributed by atoms with Gasteiger partial charge in [0.2, 0.25) is 5.91 Å². The van der Waals surface area contributed by atoms with E-state index in [0.717, 1.165) is 24.8 Å². The van der Waals surface area contributed by atoms with Gasteiger partial charge in [0, 0.05) is 43.1 Å². The molecule has 1 amide bonds. The Morgan fingerprint density at radius 2 is 2.20 bits per heavy atom. The topological polar surface area (TPSA) is 44.4 Å². The third-order valence-corrected chi connectivity index (χ3v) is 5.60. The first kappa shape index (κ1) is 16.1. The lowest BCUT2D eigenvalue weighted by Crippen LogP contribution is -2.47. The van der Waals surface area contributed by atoms with Crippen LogP contribution in [0.25, 0.3) is 0 Å². The van der Waals surface area contributed by atoms with E-state index in [4.69, 9.17) is 0 Å². The van der Waals surface area contributed by atoms with Crippen molar-refractivity contribution in [1.29, 1.82) is 0 Å². The molecular weight excluding hydrogens is 270 g/mol. The van der Waals surface area contributed by atoms with E-state index in [0.29, 0.717) is 18.5 Å². The van der Waals surface area contributed by atoms with Gasteiger partial charge in [-0.15, -0.1) is 0 Å². The molecular formula is C15H29N3OS. The summed E-state index contributed by atoms with van der Waals surface area (Å²) in [6.07, 6.45) is 3.21. The summed E-state index contributed by atoms with van der Waals surface area (Å²) < 4.78 is 0. The second kappa shape index (κ2) is 8.25. The Balaban J connectivity index is 1.62. The number of nitrogens with zero attached hydrogens (tertiary/aromatic N) is 1. The van der Waals surface area contributed by atoms with Crippen molar-refractivity contribution in [3.63, 3.8) is 0 Å². The van der Waals surface area contributed by atoms with Gasteiger partial charge in [-0.3, -0.25) is 9.69 Å². The fourth-order valence-electron chi connectivity index (χ4n) is 2.91. The first-order valence-electron chi connectivity index (χ1n) is 7.97. The van der Waals surface area contributed by atoms with Gasteiger partial charge >= 0.3 is 0 Å². The summed E-state index contributed by atoms with van der Waals surface area (Å²) in [5.74, 6) is 3.29. The van der Waals surface area contributed by atoms with E-state index in [1.165, 1.54) is 31.7 Å². The zero-order valence-corrected chi connectivity index (χ0v) is 13.7. The molecule has 116 valence electrons. The van der Waals surface area contributed by atoms with Gasteiger partial charge < -0.3 is 10.6 Å². The first-order chi connectivity index (χ1) is 9.65. The molecule has 2 aliphatic rings. The van der Waals surface area contributed by atoms with Crippen molar-refractivity contribution >= 4 is 17.7 Å². The van der Waals surface area contributed by atoms with Gasteiger partial charge in [-0.2, -0.15) is 11.8 Å². The number of hydrogen-bond donors (Lipinski definition) is 2. The number of carbonyl (C=O) groups is 1. The average molecular weight is 299 g/mol. The molecule has 20 heavy (non-hydrogen) atoms. The summed E-state index contributed by atoms with van der Waals surface area (Å²) in [5.41, 5.74) is 0. The molecule has 0 radical (unpaired) electrons. The number of carbonyl (C=O) groups excluding carboxylic acids is 1. The van der Waals surface area contributed by atoms with E-state index in [2.05, 4.69) is 29.4 Å². The van der Waals surface area contributed by atoms with Crippen molar-refractivity contribution in [2.75, 3.05) is 37.7 Å². The summed E-state index contributed by atoms with van der Waals surface area (Å²) in [6, 6.07) is 0.819. The van der Waals surface area contributed by atoms with Crippen LogP contribution in [0.2, 0.25) is 0 Å². The first-order valence-corrected chi connectivity index (χ1v) is 9.12. The lowest BCUT2D eigenvalue weighted by molar-refractivity contribution is -0.121. The highest BCUT2D eigenvalue weighted by atomic mass is 32.2. The van der Waals surface area contributed by atoms with Crippen molar-refractivity contribution < 1.29 is 4.79 Å². The van der Waals surface area contributed by atoms with Crippen molar-refractivity contribution in [1.82, 2.24) is 15.5 Å². The Bertz CT molecular complexity index is 299.